The maximum absolute atomic E-state index is 12.5. The van der Waals surface area contributed by atoms with Gasteiger partial charge in [0.2, 0.25) is 0 Å². The van der Waals surface area contributed by atoms with Crippen LogP contribution in [0.2, 0.25) is 0 Å². The molecular weight excluding hydrogens is 513 g/mol. The van der Waals surface area contributed by atoms with Crippen molar-refractivity contribution in [3.8, 4) is 23.0 Å². The van der Waals surface area contributed by atoms with Gasteiger partial charge >= 0.3 is 16.5 Å². The fourth-order valence-corrected chi connectivity index (χ4v) is 3.93. The standard InChI is InChI=1S/C16H26O4.C13H13N3.Ni/c1-15(2,3)9-11(17)12(18)10(16(4,5)6)14(20-8)13(9)19-7;1-10-4-3-5-11(2)13(10)16-9-12-8-14-6-7-15-12;/h17-18H,1-8H3;3-9H,1-2H3;/q;;+2/p-2. The van der Waals surface area contributed by atoms with Crippen LogP contribution in [-0.2, 0) is 27.3 Å². The van der Waals surface area contributed by atoms with Gasteiger partial charge in [0.05, 0.1) is 38.0 Å². The SMILES string of the molecule is COc1c(OC)c(C(C)(C)C)c([O-])c([O-])c1C(C)(C)C.Cc1cccc(C)c1N=Cc1cnccn1.[Ni+2]. The number of aromatic nitrogens is 2. The van der Waals surface area contributed by atoms with Gasteiger partial charge in [-0.1, -0.05) is 59.7 Å². The van der Waals surface area contributed by atoms with Gasteiger partial charge in [-0.3, -0.25) is 15.0 Å². The molecule has 0 atom stereocenters. The molecule has 0 N–H and O–H groups in total. The molecule has 0 aliphatic rings. The van der Waals surface area contributed by atoms with Crippen LogP contribution in [0, 0.1) is 13.8 Å². The maximum atomic E-state index is 12.5. The molecule has 202 valence electrons. The van der Waals surface area contributed by atoms with E-state index in [0.717, 1.165) is 11.4 Å². The Morgan fingerprint density at radius 2 is 1.27 bits per heavy atom. The molecule has 1 heterocycles. The second-order valence-corrected chi connectivity index (χ2v) is 10.6. The number of aryl methyl sites for hydroxylation is 2. The smallest absolute Gasteiger partial charge is 0.873 e. The van der Waals surface area contributed by atoms with E-state index >= 15 is 0 Å². The number of methoxy groups -OCH3 is 2. The Labute approximate surface area is 230 Å². The molecule has 0 fully saturated rings. The summed E-state index contributed by atoms with van der Waals surface area (Å²) in [6.45, 7) is 15.4. The zero-order valence-electron chi connectivity index (χ0n) is 23.3. The molecule has 37 heavy (non-hydrogen) atoms. The zero-order chi connectivity index (χ0) is 27.3. The predicted molar refractivity (Wildman–Crippen MR) is 141 cm³/mol. The Hall–Kier alpha value is -3.12. The number of ether oxygens (including phenoxy) is 2. The summed E-state index contributed by atoms with van der Waals surface area (Å²) in [5.74, 6) is -0.260. The van der Waals surface area contributed by atoms with Gasteiger partial charge in [-0.2, -0.15) is 0 Å². The molecule has 0 amide bonds. The molecule has 8 heteroatoms. The van der Waals surface area contributed by atoms with E-state index < -0.39 is 22.3 Å². The fraction of sp³-hybridized carbons (Fsp3) is 0.414. The first-order chi connectivity index (χ1) is 16.7. The van der Waals surface area contributed by atoms with Gasteiger partial charge in [0.15, 0.2) is 11.5 Å². The molecule has 0 radical (unpaired) electrons. The van der Waals surface area contributed by atoms with E-state index in [-0.39, 0.29) is 16.5 Å². The molecule has 0 bridgehead atoms. The molecule has 3 aromatic rings. The number of aliphatic imine (C=N–C) groups is 1. The Morgan fingerprint density at radius 1 is 0.811 bits per heavy atom. The number of para-hydroxylation sites is 1. The average Bonchev–Trinajstić information content (AvgIpc) is 2.79. The van der Waals surface area contributed by atoms with Crippen LogP contribution in [0.15, 0.2) is 41.8 Å². The molecule has 0 aliphatic carbocycles. The Balaban J connectivity index is 0.000000367. The second kappa shape index (κ2) is 12.9. The molecular formula is C29H37N3NiO4. The minimum atomic E-state index is -0.500. The molecule has 0 spiro atoms. The minimum absolute atomic E-state index is 0. The van der Waals surface area contributed by atoms with Crippen molar-refractivity contribution in [2.75, 3.05) is 14.2 Å². The Bertz CT molecular complexity index is 1150. The van der Waals surface area contributed by atoms with E-state index in [9.17, 15) is 10.2 Å². The van der Waals surface area contributed by atoms with E-state index in [1.54, 1.807) is 24.8 Å². The predicted octanol–water partition coefficient (Wildman–Crippen LogP) is 5.29. The van der Waals surface area contributed by atoms with Crippen LogP contribution in [0.3, 0.4) is 0 Å². The molecule has 0 saturated carbocycles. The van der Waals surface area contributed by atoms with Crippen molar-refractivity contribution >= 4 is 11.9 Å². The molecule has 3 rings (SSSR count). The van der Waals surface area contributed by atoms with E-state index in [1.807, 2.05) is 47.6 Å². The summed E-state index contributed by atoms with van der Waals surface area (Å²) in [6.07, 6.45) is 6.74. The van der Waals surface area contributed by atoms with Crippen LogP contribution in [0.1, 0.15) is 69.5 Å². The summed E-state index contributed by atoms with van der Waals surface area (Å²) in [6, 6.07) is 6.14. The van der Waals surface area contributed by atoms with Crippen molar-refractivity contribution in [2.24, 2.45) is 4.99 Å². The number of nitrogens with zero attached hydrogens (tertiary/aromatic N) is 3. The van der Waals surface area contributed by atoms with Gasteiger partial charge in [-0.15, -0.1) is 11.5 Å². The van der Waals surface area contributed by atoms with Crippen LogP contribution in [0.5, 0.6) is 23.0 Å². The monoisotopic (exact) mass is 549 g/mol. The fourth-order valence-electron chi connectivity index (χ4n) is 3.93. The van der Waals surface area contributed by atoms with Crippen molar-refractivity contribution < 1.29 is 36.2 Å². The van der Waals surface area contributed by atoms with Crippen molar-refractivity contribution in [1.82, 2.24) is 9.97 Å². The minimum Gasteiger partial charge on any atom is -0.873 e. The van der Waals surface area contributed by atoms with Gasteiger partial charge in [0.1, 0.15) is 0 Å². The maximum Gasteiger partial charge on any atom is 2.00 e. The first-order valence-corrected chi connectivity index (χ1v) is 11.8. The van der Waals surface area contributed by atoms with E-state index in [1.165, 1.54) is 25.3 Å². The van der Waals surface area contributed by atoms with E-state index in [2.05, 4.69) is 40.9 Å². The Kier molecular flexibility index (Phi) is 11.1. The number of hydrogen-bond donors (Lipinski definition) is 0. The van der Waals surface area contributed by atoms with Crippen LogP contribution in [-0.4, -0.2) is 30.4 Å². The van der Waals surface area contributed by atoms with Crippen LogP contribution in [0.4, 0.5) is 5.69 Å². The molecule has 7 nitrogen and oxygen atoms in total. The number of benzene rings is 2. The average molecular weight is 550 g/mol. The summed E-state index contributed by atoms with van der Waals surface area (Å²) < 4.78 is 10.8. The molecule has 1 aromatic heterocycles. The summed E-state index contributed by atoms with van der Waals surface area (Å²) in [7, 11) is 2.98. The van der Waals surface area contributed by atoms with Gasteiger partial charge in [-0.05, 0) is 46.9 Å². The van der Waals surface area contributed by atoms with Gasteiger partial charge < -0.3 is 19.7 Å². The Morgan fingerprint density at radius 3 is 1.62 bits per heavy atom. The normalized spacial score (nSPS) is 11.4. The van der Waals surface area contributed by atoms with Crippen molar-refractivity contribution in [2.45, 2.75) is 66.2 Å². The molecule has 0 saturated heterocycles. The van der Waals surface area contributed by atoms with Crippen molar-refractivity contribution in [3.05, 3.63) is 64.7 Å². The molecule has 0 unspecified atom stereocenters. The third kappa shape index (κ3) is 7.69. The summed E-state index contributed by atoms with van der Waals surface area (Å²) in [4.78, 5) is 12.6. The third-order valence-corrected chi connectivity index (χ3v) is 5.58. The summed E-state index contributed by atoms with van der Waals surface area (Å²) in [5.41, 5.74) is 3.86. The van der Waals surface area contributed by atoms with Crippen LogP contribution < -0.4 is 19.7 Å². The first-order valence-electron chi connectivity index (χ1n) is 11.8. The van der Waals surface area contributed by atoms with Gasteiger partial charge in [0, 0.05) is 12.4 Å². The van der Waals surface area contributed by atoms with Crippen LogP contribution in [0.25, 0.3) is 0 Å². The summed E-state index contributed by atoms with van der Waals surface area (Å²) >= 11 is 0. The van der Waals surface area contributed by atoms with Crippen molar-refractivity contribution in [3.63, 3.8) is 0 Å². The quantitative estimate of drug-likeness (QED) is 0.323. The van der Waals surface area contributed by atoms with Crippen LogP contribution >= 0.6 is 0 Å². The largest absolute Gasteiger partial charge is 2.00 e. The second-order valence-electron chi connectivity index (χ2n) is 10.6. The van der Waals surface area contributed by atoms with Gasteiger partial charge in [0.25, 0.3) is 0 Å². The van der Waals surface area contributed by atoms with Gasteiger partial charge in [-0.25, -0.2) is 0 Å². The topological polar surface area (TPSA) is 103 Å². The number of rotatable bonds is 4. The zero-order valence-corrected chi connectivity index (χ0v) is 24.3. The molecule has 2 aromatic carbocycles. The van der Waals surface area contributed by atoms with E-state index in [0.29, 0.717) is 22.6 Å². The van der Waals surface area contributed by atoms with Crippen molar-refractivity contribution in [1.29, 1.82) is 0 Å². The first kappa shape index (κ1) is 31.9. The molecule has 0 aliphatic heterocycles. The number of hydrogen-bond acceptors (Lipinski definition) is 7. The third-order valence-electron chi connectivity index (χ3n) is 5.58. The van der Waals surface area contributed by atoms with E-state index in [4.69, 9.17) is 9.47 Å². The summed E-state index contributed by atoms with van der Waals surface area (Å²) in [5, 5.41) is 25.0.